The maximum absolute atomic E-state index is 2.30. The standard InChI is InChI=1S/C18H11.3Li/c1-3-7-15(8-4-1)17-11-13-18(14-12-17)16-9-5-2-6-10-16;;;/h1-7,9,11-13H;;;. The molecule has 3 aromatic rings. The van der Waals surface area contributed by atoms with Crippen LogP contribution in [0.2, 0.25) is 0 Å². The van der Waals surface area contributed by atoms with Crippen LogP contribution in [0, 0.1) is 0 Å². The van der Waals surface area contributed by atoms with Crippen LogP contribution in [0.25, 0.3) is 22.3 Å². The molecule has 0 N–H and O–H groups in total. The fraction of sp³-hybridized carbons (Fsp3) is 0. The van der Waals surface area contributed by atoms with Crippen LogP contribution in [-0.4, -0.2) is 53.1 Å². The van der Waals surface area contributed by atoms with Crippen LogP contribution < -0.4 is 12.7 Å². The molecule has 0 bridgehead atoms. The van der Waals surface area contributed by atoms with E-state index in [4.69, 9.17) is 0 Å². The first kappa shape index (κ1) is 15.4. The molecule has 0 heterocycles. The van der Waals surface area contributed by atoms with Crippen LogP contribution in [-0.2, 0) is 0 Å². The van der Waals surface area contributed by atoms with Crippen LogP contribution in [0.4, 0.5) is 0 Å². The quantitative estimate of drug-likeness (QED) is 0.601. The number of benzene rings is 3. The van der Waals surface area contributed by atoms with E-state index in [1.54, 1.807) is 0 Å². The van der Waals surface area contributed by atoms with Gasteiger partial charge in [0, 0.05) is 0 Å². The first-order valence-corrected chi connectivity index (χ1v) is 7.39. The van der Waals surface area contributed by atoms with Crippen molar-refractivity contribution in [3.8, 4) is 22.3 Å². The van der Waals surface area contributed by atoms with Gasteiger partial charge in [0.2, 0.25) is 0 Å². The van der Waals surface area contributed by atoms with E-state index in [0.29, 0.717) is 0 Å². The zero-order valence-corrected chi connectivity index (χ0v) is 12.9. The summed E-state index contributed by atoms with van der Waals surface area (Å²) in [6.45, 7) is 0. The monoisotopic (exact) mass is 248 g/mol. The summed E-state index contributed by atoms with van der Waals surface area (Å²) in [5, 5.41) is 0. The second-order valence-electron chi connectivity index (χ2n) is 5.66. The molecule has 0 amide bonds. The molecule has 3 aromatic carbocycles. The Morgan fingerprint density at radius 1 is 0.476 bits per heavy atom. The number of rotatable bonds is 2. The van der Waals surface area contributed by atoms with Gasteiger partial charge >= 0.3 is 155 Å². The third-order valence-corrected chi connectivity index (χ3v) is 4.12. The van der Waals surface area contributed by atoms with Gasteiger partial charge in [-0.15, -0.1) is 0 Å². The molecule has 0 radical (unpaired) electrons. The van der Waals surface area contributed by atoms with E-state index in [1.165, 1.54) is 35.0 Å². The SMILES string of the molecule is [Li][c]1ccccc1-c1ccc(-c2cccc[c]2[Li])[c]([Li])c1. The van der Waals surface area contributed by atoms with Crippen LogP contribution in [0.1, 0.15) is 0 Å². The molecule has 0 aliphatic rings. The van der Waals surface area contributed by atoms with E-state index in [9.17, 15) is 0 Å². The van der Waals surface area contributed by atoms with Crippen molar-refractivity contribution < 1.29 is 0 Å². The Balaban J connectivity index is 2.09. The van der Waals surface area contributed by atoms with Crippen LogP contribution in [0.5, 0.6) is 0 Å². The van der Waals surface area contributed by atoms with E-state index >= 15 is 0 Å². The Bertz CT molecular complexity index is 794. The predicted octanol–water partition coefficient (Wildman–Crippen LogP) is 1.40. The van der Waals surface area contributed by atoms with E-state index in [0.717, 1.165) is 0 Å². The third kappa shape index (κ3) is 3.29. The molecule has 0 aromatic heterocycles. The van der Waals surface area contributed by atoms with Gasteiger partial charge in [0.25, 0.3) is 0 Å². The minimum atomic E-state index is 1.29. The Morgan fingerprint density at radius 2 is 1.00 bits per heavy atom. The van der Waals surface area contributed by atoms with Gasteiger partial charge in [-0.1, -0.05) is 0 Å². The molecule has 0 spiro atoms. The van der Waals surface area contributed by atoms with Crippen LogP contribution in [0.15, 0.2) is 66.7 Å². The maximum atomic E-state index is 2.30. The fourth-order valence-electron chi connectivity index (χ4n) is 2.91. The minimum absolute atomic E-state index is 1.29. The Kier molecular flexibility index (Phi) is 4.89. The second-order valence-corrected chi connectivity index (χ2v) is 5.66. The van der Waals surface area contributed by atoms with Crippen molar-refractivity contribution in [3.05, 3.63) is 66.7 Å². The van der Waals surface area contributed by atoms with E-state index < -0.39 is 0 Å². The summed E-state index contributed by atoms with van der Waals surface area (Å²) in [5.41, 5.74) is 5.26. The molecule has 0 aliphatic carbocycles. The van der Waals surface area contributed by atoms with Crippen molar-refractivity contribution in [2.24, 2.45) is 0 Å². The molecular weight excluding hydrogens is 237 g/mol. The number of hydrogen-bond acceptors (Lipinski definition) is 0. The predicted molar refractivity (Wildman–Crippen MR) is 93.5 cm³/mol. The van der Waals surface area contributed by atoms with E-state index in [2.05, 4.69) is 120 Å². The zero-order valence-electron chi connectivity index (χ0n) is 12.9. The molecule has 86 valence electrons. The van der Waals surface area contributed by atoms with E-state index in [-0.39, 0.29) is 0 Å². The average Bonchev–Trinajstić information content (AvgIpc) is 2.49. The molecule has 0 saturated heterocycles. The van der Waals surface area contributed by atoms with Crippen molar-refractivity contribution in [2.45, 2.75) is 0 Å². The molecule has 0 atom stereocenters. The van der Waals surface area contributed by atoms with Gasteiger partial charge < -0.3 is 0 Å². The number of hydrogen-bond donors (Lipinski definition) is 0. The molecule has 0 nitrogen and oxygen atoms in total. The van der Waals surface area contributed by atoms with Gasteiger partial charge in [0.05, 0.1) is 0 Å². The topological polar surface area (TPSA) is 0 Å². The van der Waals surface area contributed by atoms with Crippen molar-refractivity contribution in [1.82, 2.24) is 0 Å². The first-order valence-electron chi connectivity index (χ1n) is 7.39. The van der Waals surface area contributed by atoms with Gasteiger partial charge in [0.15, 0.2) is 0 Å². The van der Waals surface area contributed by atoms with Gasteiger partial charge in [0.1, 0.15) is 0 Å². The third-order valence-electron chi connectivity index (χ3n) is 4.12. The zero-order chi connectivity index (χ0) is 14.8. The molecule has 0 unspecified atom stereocenters. The fourth-order valence-corrected chi connectivity index (χ4v) is 2.91. The van der Waals surface area contributed by atoms with Crippen LogP contribution >= 0.6 is 0 Å². The summed E-state index contributed by atoms with van der Waals surface area (Å²) in [5.74, 6) is 0. The Morgan fingerprint density at radius 3 is 1.57 bits per heavy atom. The molecule has 0 aliphatic heterocycles. The van der Waals surface area contributed by atoms with Gasteiger partial charge in [-0.3, -0.25) is 0 Å². The van der Waals surface area contributed by atoms with Gasteiger partial charge in [-0.05, 0) is 0 Å². The Labute approximate surface area is 154 Å². The van der Waals surface area contributed by atoms with Crippen LogP contribution in [0.3, 0.4) is 0 Å². The summed E-state index contributed by atoms with van der Waals surface area (Å²) in [7, 11) is 0. The summed E-state index contributed by atoms with van der Waals surface area (Å²) in [6, 6.07) is 23.9. The second kappa shape index (κ2) is 6.70. The van der Waals surface area contributed by atoms with Gasteiger partial charge in [-0.2, -0.15) is 0 Å². The van der Waals surface area contributed by atoms with Crippen molar-refractivity contribution in [3.63, 3.8) is 0 Å². The molecule has 3 rings (SSSR count). The molecule has 21 heavy (non-hydrogen) atoms. The molecule has 0 saturated carbocycles. The van der Waals surface area contributed by atoms with Gasteiger partial charge in [-0.25, -0.2) is 0 Å². The Hall–Kier alpha value is -0.548. The average molecular weight is 248 g/mol. The van der Waals surface area contributed by atoms with Crippen molar-refractivity contribution in [1.29, 1.82) is 0 Å². The molecular formula is C18H11Li3. The van der Waals surface area contributed by atoms with Crippen molar-refractivity contribution in [2.75, 3.05) is 0 Å². The normalized spacial score (nSPS) is 10.8. The van der Waals surface area contributed by atoms with E-state index in [1.807, 2.05) is 0 Å². The summed E-state index contributed by atoms with van der Waals surface area (Å²) in [4.78, 5) is 0. The van der Waals surface area contributed by atoms with Crippen molar-refractivity contribution >= 4 is 65.9 Å². The summed E-state index contributed by atoms with van der Waals surface area (Å²) < 4.78 is 3.97. The molecule has 0 fully saturated rings. The molecule has 3 heteroatoms. The summed E-state index contributed by atoms with van der Waals surface area (Å²) >= 11 is 6.54. The first-order chi connectivity index (χ1) is 10.2. The summed E-state index contributed by atoms with van der Waals surface area (Å²) in [6.07, 6.45) is 0.